The van der Waals surface area contributed by atoms with Gasteiger partial charge in [-0.25, -0.2) is 8.42 Å². The van der Waals surface area contributed by atoms with Crippen molar-refractivity contribution in [2.45, 2.75) is 37.7 Å². The van der Waals surface area contributed by atoms with Gasteiger partial charge in [0.1, 0.15) is 0 Å². The van der Waals surface area contributed by atoms with Crippen molar-refractivity contribution in [2.75, 3.05) is 34.8 Å². The Hall–Kier alpha value is -3.40. The van der Waals surface area contributed by atoms with Crippen molar-refractivity contribution in [3.63, 3.8) is 0 Å². The molecule has 3 aromatic carbocycles. The maximum absolute atomic E-state index is 13.5. The topological polar surface area (TPSA) is 132 Å². The molecule has 258 valence electrons. The van der Waals surface area contributed by atoms with Gasteiger partial charge >= 0.3 is 35.7 Å². The Morgan fingerprint density at radius 1 is 0.880 bits per heavy atom. The fourth-order valence-corrected chi connectivity index (χ4v) is 7.26. The van der Waals surface area contributed by atoms with Crippen LogP contribution in [0.4, 0.5) is 24.5 Å². The van der Waals surface area contributed by atoms with Gasteiger partial charge in [-0.15, -0.1) is 0 Å². The summed E-state index contributed by atoms with van der Waals surface area (Å²) in [5, 5.41) is 5.64. The molecule has 1 aromatic heterocycles. The summed E-state index contributed by atoms with van der Waals surface area (Å²) in [5.41, 5.74) is 3.29. The van der Waals surface area contributed by atoms with Crippen LogP contribution in [0.15, 0.2) is 85.1 Å². The standard InChI is InChI=1S/C35H35F3N4O5S2.Na/c36-35(37,38)28-9-5-6-24(19-28)22-40-33(43)27-12-13-39-32(20-27)30-21-29(42-14-2-1-3-15-42)10-11-31(30)41-34(44)26-8-4-7-25(18-26)23-48-16-17-49(45,46)47;/h4-13,18-21H,1-3,14-17,22-23H2,(H,40,43)(H,41,44)(H,45,46,47);/q;+1/p-1. The van der Waals surface area contributed by atoms with E-state index in [9.17, 15) is 35.7 Å². The number of pyridine rings is 1. The van der Waals surface area contributed by atoms with E-state index in [-0.39, 0.29) is 47.4 Å². The number of aromatic nitrogens is 1. The van der Waals surface area contributed by atoms with Gasteiger partial charge in [-0.2, -0.15) is 24.9 Å². The van der Waals surface area contributed by atoms with Gasteiger partial charge in [-0.05, 0) is 85.0 Å². The van der Waals surface area contributed by atoms with Gasteiger partial charge in [-0.1, -0.05) is 24.3 Å². The van der Waals surface area contributed by atoms with Gasteiger partial charge in [0.15, 0.2) is 0 Å². The summed E-state index contributed by atoms with van der Waals surface area (Å²) in [4.78, 5) is 33.4. The second kappa shape index (κ2) is 17.7. The minimum atomic E-state index is -4.50. The number of alkyl halides is 3. The summed E-state index contributed by atoms with van der Waals surface area (Å²) >= 11 is 1.28. The Kier molecular flexibility index (Phi) is 13.9. The Morgan fingerprint density at radius 2 is 1.60 bits per heavy atom. The molecule has 0 saturated carbocycles. The summed E-state index contributed by atoms with van der Waals surface area (Å²) in [6.07, 6.45) is 0.215. The van der Waals surface area contributed by atoms with Crippen LogP contribution in [0.2, 0.25) is 0 Å². The minimum absolute atomic E-state index is 0. The molecule has 1 saturated heterocycles. The number of nitrogens with zero attached hydrogens (tertiary/aromatic N) is 2. The van der Waals surface area contributed by atoms with E-state index in [0.717, 1.165) is 55.7 Å². The van der Waals surface area contributed by atoms with Crippen LogP contribution >= 0.6 is 11.8 Å². The van der Waals surface area contributed by atoms with Crippen molar-refractivity contribution in [1.29, 1.82) is 0 Å². The number of piperidine rings is 1. The van der Waals surface area contributed by atoms with Gasteiger partial charge in [0.05, 0.1) is 27.1 Å². The number of benzene rings is 3. The number of nitrogens with one attached hydrogen (secondary N) is 2. The fraction of sp³-hybridized carbons (Fsp3) is 0.286. The third kappa shape index (κ3) is 11.3. The molecule has 1 aliphatic heterocycles. The van der Waals surface area contributed by atoms with Crippen molar-refractivity contribution in [3.05, 3.63) is 113 Å². The molecule has 9 nitrogen and oxygen atoms in total. The average molecular weight is 735 g/mol. The Morgan fingerprint density at radius 3 is 2.34 bits per heavy atom. The van der Waals surface area contributed by atoms with E-state index in [0.29, 0.717) is 33.8 Å². The van der Waals surface area contributed by atoms with E-state index >= 15 is 0 Å². The molecule has 0 spiro atoms. The molecule has 0 aliphatic carbocycles. The van der Waals surface area contributed by atoms with Gasteiger partial charge in [0.25, 0.3) is 11.8 Å². The largest absolute Gasteiger partial charge is 1.00 e. The van der Waals surface area contributed by atoms with Crippen LogP contribution in [0, 0.1) is 0 Å². The summed E-state index contributed by atoms with van der Waals surface area (Å²) in [6, 6.07) is 20.4. The van der Waals surface area contributed by atoms with E-state index in [1.54, 1.807) is 30.3 Å². The second-order valence-electron chi connectivity index (χ2n) is 11.6. The fourth-order valence-electron chi connectivity index (χ4n) is 5.41. The third-order valence-corrected chi connectivity index (χ3v) is 9.91. The molecule has 0 bridgehead atoms. The van der Waals surface area contributed by atoms with Crippen molar-refractivity contribution in [2.24, 2.45) is 0 Å². The number of anilines is 2. The van der Waals surface area contributed by atoms with E-state index in [4.69, 9.17) is 0 Å². The summed E-state index contributed by atoms with van der Waals surface area (Å²) in [5.74, 6) is -0.804. The first-order chi connectivity index (χ1) is 23.4. The molecule has 15 heteroatoms. The van der Waals surface area contributed by atoms with Crippen molar-refractivity contribution >= 4 is 45.1 Å². The van der Waals surface area contributed by atoms with E-state index < -0.39 is 39.4 Å². The average Bonchev–Trinajstić information content (AvgIpc) is 3.09. The minimum Gasteiger partial charge on any atom is -0.748 e. The zero-order valence-corrected chi connectivity index (χ0v) is 31.0. The van der Waals surface area contributed by atoms with Crippen molar-refractivity contribution in [3.8, 4) is 11.3 Å². The molecule has 1 fully saturated rings. The molecular formula is C35H34F3N4NaO5S2. The maximum atomic E-state index is 13.5. The first-order valence-corrected chi connectivity index (χ1v) is 18.3. The molecule has 1 aliphatic rings. The first kappa shape index (κ1) is 39.4. The molecule has 50 heavy (non-hydrogen) atoms. The van der Waals surface area contributed by atoms with Crippen LogP contribution in [0.1, 0.15) is 56.7 Å². The van der Waals surface area contributed by atoms with Gasteiger partial charge in [0.2, 0.25) is 0 Å². The number of thioether (sulfide) groups is 1. The number of rotatable bonds is 12. The monoisotopic (exact) mass is 734 g/mol. The molecule has 2 heterocycles. The zero-order valence-electron chi connectivity index (χ0n) is 27.3. The number of amides is 2. The van der Waals surface area contributed by atoms with Crippen LogP contribution in [0.3, 0.4) is 0 Å². The van der Waals surface area contributed by atoms with Crippen LogP contribution in [0.25, 0.3) is 11.3 Å². The number of hydrogen-bond acceptors (Lipinski definition) is 8. The number of carbonyl (C=O) groups excluding carboxylic acids is 2. The molecule has 2 amide bonds. The third-order valence-electron chi connectivity index (χ3n) is 7.91. The van der Waals surface area contributed by atoms with Crippen molar-refractivity contribution in [1.82, 2.24) is 10.3 Å². The number of carbonyl (C=O) groups is 2. The van der Waals surface area contributed by atoms with E-state index in [1.807, 2.05) is 18.2 Å². The van der Waals surface area contributed by atoms with Gasteiger partial charge < -0.3 is 20.1 Å². The quantitative estimate of drug-likeness (QED) is 0.128. The smallest absolute Gasteiger partial charge is 0.748 e. The molecular weight excluding hydrogens is 701 g/mol. The SMILES string of the molecule is O=C(NCc1cccc(C(F)(F)F)c1)c1ccnc(-c2cc(N3CCCCC3)ccc2NC(=O)c2cccc(CSCCS(=O)(=O)[O-])c2)c1.[Na+]. The molecule has 0 atom stereocenters. The zero-order chi connectivity index (χ0) is 35.0. The maximum Gasteiger partial charge on any atom is 1.00 e. The predicted octanol–water partition coefficient (Wildman–Crippen LogP) is 3.72. The number of halogens is 3. The normalized spacial score (nSPS) is 13.3. The van der Waals surface area contributed by atoms with Gasteiger partial charge in [-0.3, -0.25) is 14.6 Å². The second-order valence-corrected chi connectivity index (χ2v) is 14.2. The molecule has 5 rings (SSSR count). The Labute approximate surface area is 315 Å². The number of hydrogen-bond donors (Lipinski definition) is 2. The first-order valence-electron chi connectivity index (χ1n) is 15.6. The Balaban J connectivity index is 0.00000562. The van der Waals surface area contributed by atoms with Gasteiger partial charge in [0, 0.05) is 65.5 Å². The van der Waals surface area contributed by atoms with Crippen LogP contribution in [0.5, 0.6) is 0 Å². The van der Waals surface area contributed by atoms with Crippen molar-refractivity contribution < 1.29 is 65.3 Å². The predicted molar refractivity (Wildman–Crippen MR) is 183 cm³/mol. The molecule has 4 aromatic rings. The summed E-state index contributed by atoms with van der Waals surface area (Å²) in [6.45, 7) is 1.64. The van der Waals surface area contributed by atoms with E-state index in [1.165, 1.54) is 36.2 Å². The van der Waals surface area contributed by atoms with Crippen LogP contribution in [-0.4, -0.2) is 54.4 Å². The van der Waals surface area contributed by atoms with Crippen LogP contribution < -0.4 is 45.1 Å². The molecule has 0 unspecified atom stereocenters. The van der Waals surface area contributed by atoms with E-state index in [2.05, 4.69) is 20.5 Å². The van der Waals surface area contributed by atoms with Crippen LogP contribution in [-0.2, 0) is 28.6 Å². The molecule has 0 radical (unpaired) electrons. The molecule has 2 N–H and O–H groups in total. The summed E-state index contributed by atoms with van der Waals surface area (Å²) < 4.78 is 72.1. The summed E-state index contributed by atoms with van der Waals surface area (Å²) in [7, 11) is -4.30. The Bertz CT molecular complexity index is 1920.